The molecule has 0 aliphatic carbocycles. The number of aliphatic carboxylic acids is 1. The lowest BCUT2D eigenvalue weighted by atomic mass is 9.83. The molecule has 2 fully saturated rings. The van der Waals surface area contributed by atoms with Crippen molar-refractivity contribution in [1.29, 1.82) is 0 Å². The molecule has 2 saturated heterocycles. The Bertz CT molecular complexity index is 339. The number of carbonyl (C=O) groups excluding carboxylic acids is 1. The van der Waals surface area contributed by atoms with Crippen LogP contribution in [0, 0.1) is 5.41 Å². The van der Waals surface area contributed by atoms with Crippen molar-refractivity contribution >= 4 is 12.0 Å². The lowest BCUT2D eigenvalue weighted by molar-refractivity contribution is -0.148. The number of carbonyl (C=O) groups is 2. The van der Waals surface area contributed by atoms with Crippen molar-refractivity contribution in [1.82, 2.24) is 9.80 Å². The fraction of sp³-hybridized carbons (Fsp3) is 0.846. The predicted molar refractivity (Wildman–Crippen MR) is 67.4 cm³/mol. The monoisotopic (exact) mass is 254 g/mol. The van der Waals surface area contributed by atoms with Crippen molar-refractivity contribution in [3.05, 3.63) is 0 Å². The van der Waals surface area contributed by atoms with E-state index in [4.69, 9.17) is 0 Å². The Morgan fingerprint density at radius 2 is 1.83 bits per heavy atom. The van der Waals surface area contributed by atoms with Crippen LogP contribution in [0.15, 0.2) is 0 Å². The lowest BCUT2D eigenvalue weighted by Crippen LogP contribution is -2.43. The van der Waals surface area contributed by atoms with Gasteiger partial charge in [0.25, 0.3) is 0 Å². The van der Waals surface area contributed by atoms with E-state index in [2.05, 4.69) is 0 Å². The SMILES string of the molecule is CCCC1(C(=O)O)CCN(C(=O)N2CCCC2)C1. The zero-order chi connectivity index (χ0) is 13.2. The molecule has 0 spiro atoms. The smallest absolute Gasteiger partial charge is 0.320 e. The molecule has 2 aliphatic heterocycles. The molecule has 0 aromatic heterocycles. The van der Waals surface area contributed by atoms with Gasteiger partial charge in [0.15, 0.2) is 0 Å². The van der Waals surface area contributed by atoms with Crippen molar-refractivity contribution < 1.29 is 14.7 Å². The number of urea groups is 1. The molecule has 0 bridgehead atoms. The van der Waals surface area contributed by atoms with Crippen molar-refractivity contribution in [2.75, 3.05) is 26.2 Å². The molecule has 0 aromatic rings. The van der Waals surface area contributed by atoms with Crippen molar-refractivity contribution in [3.63, 3.8) is 0 Å². The fourth-order valence-corrected chi connectivity index (χ4v) is 3.11. The maximum absolute atomic E-state index is 12.2. The molecule has 2 heterocycles. The van der Waals surface area contributed by atoms with E-state index in [1.165, 1.54) is 0 Å². The Morgan fingerprint density at radius 1 is 1.17 bits per heavy atom. The molecule has 102 valence electrons. The summed E-state index contributed by atoms with van der Waals surface area (Å²) in [5.41, 5.74) is -0.704. The summed E-state index contributed by atoms with van der Waals surface area (Å²) >= 11 is 0. The first-order chi connectivity index (χ1) is 8.59. The number of rotatable bonds is 3. The second kappa shape index (κ2) is 5.16. The molecule has 2 rings (SSSR count). The summed E-state index contributed by atoms with van der Waals surface area (Å²) in [5, 5.41) is 9.41. The van der Waals surface area contributed by atoms with Crippen LogP contribution < -0.4 is 0 Å². The molecule has 2 amide bonds. The highest BCUT2D eigenvalue weighted by atomic mass is 16.4. The Labute approximate surface area is 108 Å². The molecular formula is C13H22N2O3. The van der Waals surface area contributed by atoms with Crippen molar-refractivity contribution in [2.45, 2.75) is 39.0 Å². The third-order valence-corrected chi connectivity index (χ3v) is 4.18. The van der Waals surface area contributed by atoms with Gasteiger partial charge in [0.05, 0.1) is 5.41 Å². The molecule has 2 aliphatic rings. The number of carboxylic acid groups (broad SMARTS) is 1. The topological polar surface area (TPSA) is 60.9 Å². The third-order valence-electron chi connectivity index (χ3n) is 4.18. The minimum absolute atomic E-state index is 0.0340. The maximum Gasteiger partial charge on any atom is 0.320 e. The Kier molecular flexibility index (Phi) is 3.78. The highest BCUT2D eigenvalue weighted by molar-refractivity contribution is 5.80. The van der Waals surface area contributed by atoms with E-state index < -0.39 is 11.4 Å². The minimum Gasteiger partial charge on any atom is -0.481 e. The highest BCUT2D eigenvalue weighted by Crippen LogP contribution is 2.36. The predicted octanol–water partition coefficient (Wildman–Crippen LogP) is 1.78. The van der Waals surface area contributed by atoms with Crippen LogP contribution in [0.25, 0.3) is 0 Å². The van der Waals surface area contributed by atoms with Gasteiger partial charge in [-0.3, -0.25) is 4.79 Å². The van der Waals surface area contributed by atoms with Gasteiger partial charge < -0.3 is 14.9 Å². The van der Waals surface area contributed by atoms with E-state index in [9.17, 15) is 14.7 Å². The van der Waals surface area contributed by atoms with Crippen molar-refractivity contribution in [3.8, 4) is 0 Å². The van der Waals surface area contributed by atoms with Gasteiger partial charge in [-0.25, -0.2) is 4.79 Å². The lowest BCUT2D eigenvalue weighted by Gasteiger charge is -2.27. The molecule has 1 N–H and O–H groups in total. The van der Waals surface area contributed by atoms with Crippen LogP contribution in [-0.2, 0) is 4.79 Å². The first kappa shape index (κ1) is 13.2. The number of nitrogens with zero attached hydrogens (tertiary/aromatic N) is 2. The van der Waals surface area contributed by atoms with Gasteiger partial charge in [0, 0.05) is 26.2 Å². The maximum atomic E-state index is 12.2. The third kappa shape index (κ3) is 2.31. The van der Waals surface area contributed by atoms with Crippen LogP contribution in [0.3, 0.4) is 0 Å². The standard InChI is InChI=1S/C13H22N2O3/c1-2-5-13(11(16)17)6-9-15(10-13)12(18)14-7-3-4-8-14/h2-10H2,1H3,(H,16,17). The minimum atomic E-state index is -0.749. The first-order valence-corrected chi connectivity index (χ1v) is 6.86. The molecular weight excluding hydrogens is 232 g/mol. The summed E-state index contributed by atoms with van der Waals surface area (Å²) < 4.78 is 0. The van der Waals surface area contributed by atoms with E-state index in [-0.39, 0.29) is 6.03 Å². The molecule has 0 aromatic carbocycles. The number of carboxylic acids is 1. The number of amides is 2. The summed E-state index contributed by atoms with van der Waals surface area (Å²) in [6.07, 6.45) is 4.23. The zero-order valence-electron chi connectivity index (χ0n) is 11.0. The van der Waals surface area contributed by atoms with E-state index in [1.807, 2.05) is 11.8 Å². The summed E-state index contributed by atoms with van der Waals surface area (Å²) in [6.45, 7) is 4.61. The van der Waals surface area contributed by atoms with Crippen LogP contribution >= 0.6 is 0 Å². The number of hydrogen-bond acceptors (Lipinski definition) is 2. The number of likely N-dealkylation sites (tertiary alicyclic amines) is 2. The Morgan fingerprint density at radius 3 is 2.39 bits per heavy atom. The van der Waals surface area contributed by atoms with E-state index in [0.717, 1.165) is 32.4 Å². The Hall–Kier alpha value is -1.26. The summed E-state index contributed by atoms with van der Waals surface area (Å²) in [4.78, 5) is 27.3. The molecule has 5 nitrogen and oxygen atoms in total. The largest absolute Gasteiger partial charge is 0.481 e. The Balaban J connectivity index is 2.01. The highest BCUT2D eigenvalue weighted by Gasteiger charge is 2.46. The summed E-state index contributed by atoms with van der Waals surface area (Å²) in [6, 6.07) is 0.0340. The zero-order valence-corrected chi connectivity index (χ0v) is 11.0. The second-order valence-corrected chi connectivity index (χ2v) is 5.48. The van der Waals surface area contributed by atoms with Crippen LogP contribution in [0.5, 0.6) is 0 Å². The first-order valence-electron chi connectivity index (χ1n) is 6.86. The summed E-state index contributed by atoms with van der Waals surface area (Å²) in [7, 11) is 0. The molecule has 18 heavy (non-hydrogen) atoms. The normalized spacial score (nSPS) is 27.8. The van der Waals surface area contributed by atoms with Gasteiger partial charge in [0.2, 0.25) is 0 Å². The van der Waals surface area contributed by atoms with Gasteiger partial charge in [-0.05, 0) is 25.7 Å². The van der Waals surface area contributed by atoms with Gasteiger partial charge >= 0.3 is 12.0 Å². The van der Waals surface area contributed by atoms with Crippen molar-refractivity contribution in [2.24, 2.45) is 5.41 Å². The summed E-state index contributed by atoms with van der Waals surface area (Å²) in [5.74, 6) is -0.749. The van der Waals surface area contributed by atoms with Crippen LogP contribution in [-0.4, -0.2) is 53.1 Å². The van der Waals surface area contributed by atoms with Gasteiger partial charge in [0.1, 0.15) is 0 Å². The van der Waals surface area contributed by atoms with E-state index >= 15 is 0 Å². The van der Waals surface area contributed by atoms with Gasteiger partial charge in [-0.2, -0.15) is 0 Å². The van der Waals surface area contributed by atoms with E-state index in [1.54, 1.807) is 4.90 Å². The van der Waals surface area contributed by atoms with Gasteiger partial charge in [-0.15, -0.1) is 0 Å². The molecule has 1 atom stereocenters. The second-order valence-electron chi connectivity index (χ2n) is 5.48. The quantitative estimate of drug-likeness (QED) is 0.835. The molecule has 1 unspecified atom stereocenters. The molecule has 0 saturated carbocycles. The van der Waals surface area contributed by atoms with Crippen LogP contribution in [0.4, 0.5) is 4.79 Å². The van der Waals surface area contributed by atoms with Crippen LogP contribution in [0.2, 0.25) is 0 Å². The van der Waals surface area contributed by atoms with Crippen LogP contribution in [0.1, 0.15) is 39.0 Å². The molecule has 0 radical (unpaired) electrons. The average Bonchev–Trinajstić information content (AvgIpc) is 2.98. The number of hydrogen-bond donors (Lipinski definition) is 1. The van der Waals surface area contributed by atoms with Gasteiger partial charge in [-0.1, -0.05) is 13.3 Å². The van der Waals surface area contributed by atoms with E-state index in [0.29, 0.717) is 25.9 Å². The molecule has 5 heteroatoms. The average molecular weight is 254 g/mol. The fourth-order valence-electron chi connectivity index (χ4n) is 3.11.